The summed E-state index contributed by atoms with van der Waals surface area (Å²) in [5.74, 6) is 5.18. The van der Waals surface area contributed by atoms with E-state index in [1.54, 1.807) is 19.3 Å². The summed E-state index contributed by atoms with van der Waals surface area (Å²) in [6.45, 7) is 5.90. The molecule has 3 aliphatic carbocycles. The molecule has 2 aliphatic heterocycles. The molecule has 0 spiro atoms. The summed E-state index contributed by atoms with van der Waals surface area (Å²) >= 11 is 0. The Morgan fingerprint density at radius 2 is 1.78 bits per heavy atom. The van der Waals surface area contributed by atoms with Crippen LogP contribution in [-0.2, 0) is 4.74 Å². The lowest BCUT2D eigenvalue weighted by atomic mass is 9.78. The maximum absolute atomic E-state index is 5.53. The minimum Gasteiger partial charge on any atom is -0.381 e. The summed E-state index contributed by atoms with van der Waals surface area (Å²) in [6, 6.07) is 1.68. The summed E-state index contributed by atoms with van der Waals surface area (Å²) in [4.78, 5) is 2.70. The molecule has 6 unspecified atom stereocenters. The minimum absolute atomic E-state index is 0.801. The Morgan fingerprint density at radius 3 is 2.61 bits per heavy atom. The van der Waals surface area contributed by atoms with Crippen molar-refractivity contribution in [2.24, 2.45) is 29.6 Å². The van der Waals surface area contributed by atoms with E-state index in [0.29, 0.717) is 0 Å². The van der Waals surface area contributed by atoms with Crippen LogP contribution in [0, 0.1) is 29.6 Å². The second-order valence-corrected chi connectivity index (χ2v) is 9.23. The Morgan fingerprint density at radius 1 is 0.913 bits per heavy atom. The predicted octanol–water partition coefficient (Wildman–Crippen LogP) is 2.90. The van der Waals surface area contributed by atoms with Crippen LogP contribution in [0.4, 0.5) is 0 Å². The molecule has 2 heterocycles. The van der Waals surface area contributed by atoms with E-state index in [0.717, 1.165) is 54.9 Å². The molecular formula is C20H34N2O. The molecule has 5 aliphatic rings. The van der Waals surface area contributed by atoms with Gasteiger partial charge >= 0.3 is 0 Å². The fourth-order valence-electron chi connectivity index (χ4n) is 6.94. The molecule has 5 fully saturated rings. The molecular weight excluding hydrogens is 284 g/mol. The van der Waals surface area contributed by atoms with Gasteiger partial charge in [0.25, 0.3) is 0 Å². The first-order valence-electron chi connectivity index (χ1n) is 10.4. The molecule has 3 saturated carbocycles. The van der Waals surface area contributed by atoms with Gasteiger partial charge < -0.3 is 15.0 Å². The van der Waals surface area contributed by atoms with E-state index in [2.05, 4.69) is 10.2 Å². The molecule has 3 nitrogen and oxygen atoms in total. The van der Waals surface area contributed by atoms with Gasteiger partial charge in [0.15, 0.2) is 0 Å². The fraction of sp³-hybridized carbons (Fsp3) is 1.00. The van der Waals surface area contributed by atoms with Crippen molar-refractivity contribution in [1.29, 1.82) is 0 Å². The molecule has 2 bridgehead atoms. The number of rotatable bonds is 4. The van der Waals surface area contributed by atoms with E-state index in [4.69, 9.17) is 4.74 Å². The van der Waals surface area contributed by atoms with Gasteiger partial charge in [0.05, 0.1) is 6.61 Å². The standard InChI is InChI=1S/C20H34N2O/c1-2-17-15-10-19(18(17)3-1)20(11-15)21-16-4-7-22(8-5-16)12-14-6-9-23-13-14/h14-21H,1-13H2. The third-order valence-electron chi connectivity index (χ3n) is 8.01. The molecule has 23 heavy (non-hydrogen) atoms. The molecule has 0 aromatic heterocycles. The van der Waals surface area contributed by atoms with Gasteiger partial charge in [-0.3, -0.25) is 0 Å². The first kappa shape index (κ1) is 15.2. The second-order valence-electron chi connectivity index (χ2n) is 9.23. The zero-order valence-electron chi connectivity index (χ0n) is 14.6. The average Bonchev–Trinajstić information content (AvgIpc) is 3.31. The van der Waals surface area contributed by atoms with Crippen molar-refractivity contribution in [1.82, 2.24) is 10.2 Å². The van der Waals surface area contributed by atoms with Crippen LogP contribution < -0.4 is 5.32 Å². The summed E-state index contributed by atoms with van der Waals surface area (Å²) < 4.78 is 5.53. The van der Waals surface area contributed by atoms with E-state index < -0.39 is 0 Å². The normalized spacial score (nSPS) is 47.5. The lowest BCUT2D eigenvalue weighted by Crippen LogP contribution is -2.49. The monoisotopic (exact) mass is 318 g/mol. The zero-order valence-corrected chi connectivity index (χ0v) is 14.6. The second kappa shape index (κ2) is 6.31. The zero-order chi connectivity index (χ0) is 15.2. The van der Waals surface area contributed by atoms with Crippen molar-refractivity contribution >= 4 is 0 Å². The third kappa shape index (κ3) is 2.87. The van der Waals surface area contributed by atoms with E-state index >= 15 is 0 Å². The van der Waals surface area contributed by atoms with Crippen LogP contribution in [0.2, 0.25) is 0 Å². The lowest BCUT2D eigenvalue weighted by Gasteiger charge is -2.38. The maximum atomic E-state index is 5.53. The van der Waals surface area contributed by atoms with Crippen molar-refractivity contribution in [3.05, 3.63) is 0 Å². The summed E-state index contributed by atoms with van der Waals surface area (Å²) in [5, 5.41) is 4.12. The molecule has 1 N–H and O–H groups in total. The van der Waals surface area contributed by atoms with E-state index in [-0.39, 0.29) is 0 Å². The van der Waals surface area contributed by atoms with Crippen molar-refractivity contribution in [3.8, 4) is 0 Å². The molecule has 0 aromatic carbocycles. The third-order valence-corrected chi connectivity index (χ3v) is 8.01. The topological polar surface area (TPSA) is 24.5 Å². The Labute approximate surface area is 141 Å². The predicted molar refractivity (Wildman–Crippen MR) is 92.4 cm³/mol. The molecule has 0 aromatic rings. The van der Waals surface area contributed by atoms with Gasteiger partial charge in [-0.05, 0) is 87.6 Å². The lowest BCUT2D eigenvalue weighted by molar-refractivity contribution is 0.134. The summed E-state index contributed by atoms with van der Waals surface area (Å²) in [5.41, 5.74) is 0. The molecule has 130 valence electrons. The SMILES string of the molecule is C1CC2C3CC(NC4CCN(CC5CCOC5)CC4)C(C3)C2C1. The van der Waals surface area contributed by atoms with Gasteiger partial charge in [-0.1, -0.05) is 6.42 Å². The molecule has 3 heteroatoms. The van der Waals surface area contributed by atoms with Gasteiger partial charge in [0, 0.05) is 25.2 Å². The first-order valence-corrected chi connectivity index (χ1v) is 10.4. The van der Waals surface area contributed by atoms with Crippen molar-refractivity contribution in [3.63, 3.8) is 0 Å². The smallest absolute Gasteiger partial charge is 0.0507 e. The highest BCUT2D eigenvalue weighted by Crippen LogP contribution is 2.58. The van der Waals surface area contributed by atoms with E-state index in [1.807, 2.05) is 0 Å². The van der Waals surface area contributed by atoms with Gasteiger partial charge in [0.1, 0.15) is 0 Å². The van der Waals surface area contributed by atoms with E-state index in [1.165, 1.54) is 51.7 Å². The Hall–Kier alpha value is -0.120. The van der Waals surface area contributed by atoms with Crippen LogP contribution in [0.5, 0.6) is 0 Å². The Kier molecular flexibility index (Phi) is 4.16. The van der Waals surface area contributed by atoms with Crippen LogP contribution >= 0.6 is 0 Å². The number of likely N-dealkylation sites (tertiary alicyclic amines) is 1. The van der Waals surface area contributed by atoms with Gasteiger partial charge in [-0.25, -0.2) is 0 Å². The van der Waals surface area contributed by atoms with Crippen LogP contribution in [0.15, 0.2) is 0 Å². The number of fused-ring (bicyclic) bond motifs is 5. The highest BCUT2D eigenvalue weighted by atomic mass is 16.5. The summed E-state index contributed by atoms with van der Waals surface area (Å²) in [7, 11) is 0. The maximum Gasteiger partial charge on any atom is 0.0507 e. The first-order chi connectivity index (χ1) is 11.4. The van der Waals surface area contributed by atoms with Crippen molar-refractivity contribution in [2.75, 3.05) is 32.8 Å². The quantitative estimate of drug-likeness (QED) is 0.862. The van der Waals surface area contributed by atoms with Gasteiger partial charge in [-0.2, -0.15) is 0 Å². The number of hydrogen-bond acceptors (Lipinski definition) is 3. The number of nitrogens with one attached hydrogen (secondary N) is 1. The Balaban J connectivity index is 1.09. The van der Waals surface area contributed by atoms with Gasteiger partial charge in [0.2, 0.25) is 0 Å². The highest BCUT2D eigenvalue weighted by Gasteiger charge is 2.53. The molecule has 6 atom stereocenters. The number of ether oxygens (including phenoxy) is 1. The van der Waals surface area contributed by atoms with Crippen LogP contribution in [0.25, 0.3) is 0 Å². The fourth-order valence-corrected chi connectivity index (χ4v) is 6.94. The van der Waals surface area contributed by atoms with Crippen LogP contribution in [0.3, 0.4) is 0 Å². The average molecular weight is 319 g/mol. The Bertz CT molecular complexity index is 414. The van der Waals surface area contributed by atoms with Gasteiger partial charge in [-0.15, -0.1) is 0 Å². The molecule has 5 rings (SSSR count). The number of nitrogens with zero attached hydrogens (tertiary/aromatic N) is 1. The highest BCUT2D eigenvalue weighted by molar-refractivity contribution is 5.06. The minimum atomic E-state index is 0.801. The summed E-state index contributed by atoms with van der Waals surface area (Å²) in [6.07, 6.45) is 11.7. The largest absolute Gasteiger partial charge is 0.381 e. The molecule has 2 saturated heterocycles. The van der Waals surface area contributed by atoms with Crippen molar-refractivity contribution in [2.45, 2.75) is 63.5 Å². The van der Waals surface area contributed by atoms with Crippen molar-refractivity contribution < 1.29 is 4.74 Å². The molecule has 0 amide bonds. The van der Waals surface area contributed by atoms with E-state index in [9.17, 15) is 0 Å². The number of piperidine rings is 1. The number of hydrogen-bond donors (Lipinski definition) is 1. The molecule has 0 radical (unpaired) electrons. The van der Waals surface area contributed by atoms with Crippen LogP contribution in [-0.4, -0.2) is 49.8 Å². The van der Waals surface area contributed by atoms with Crippen LogP contribution in [0.1, 0.15) is 51.4 Å².